The van der Waals surface area contributed by atoms with Crippen LogP contribution in [0.25, 0.3) is 10.1 Å². The Labute approximate surface area is 196 Å². The molecule has 0 bridgehead atoms. The number of hydrogen-bond donors (Lipinski definition) is 0. The number of rotatable bonds is 10. The number of hydrogen-bond acceptors (Lipinski definition) is 5. The normalized spacial score (nSPS) is 13.2. The monoisotopic (exact) mass is 650 g/mol. The molecule has 1 aromatic carbocycles. The highest BCUT2D eigenvalue weighted by molar-refractivity contribution is 14.1. The third-order valence-corrected chi connectivity index (χ3v) is 8.99. The van der Waals surface area contributed by atoms with Crippen molar-refractivity contribution in [1.82, 2.24) is 0 Å². The zero-order valence-electron chi connectivity index (χ0n) is 15.8. The van der Waals surface area contributed by atoms with Crippen LogP contribution in [0.3, 0.4) is 0 Å². The summed E-state index contributed by atoms with van der Waals surface area (Å²) in [6.45, 7) is 2.15. The van der Waals surface area contributed by atoms with Crippen molar-refractivity contribution >= 4 is 67.5 Å². The van der Waals surface area contributed by atoms with Crippen LogP contribution in [-0.2, 0) is 19.3 Å². The zero-order valence-corrected chi connectivity index (χ0v) is 21.3. The molecule has 0 radical (unpaired) electrons. The van der Waals surface area contributed by atoms with E-state index in [1.165, 1.54) is 13.8 Å². The first-order valence-corrected chi connectivity index (χ1v) is 13.0. The smallest absolute Gasteiger partial charge is 0.405 e. The predicted octanol–water partition coefficient (Wildman–Crippen LogP) is 8.31. The summed E-state index contributed by atoms with van der Waals surface area (Å²) in [5.74, 6) is 0.175. The van der Waals surface area contributed by atoms with Gasteiger partial charge in [0, 0.05) is 19.8 Å². The van der Waals surface area contributed by atoms with E-state index in [0.29, 0.717) is 25.0 Å². The van der Waals surface area contributed by atoms with Gasteiger partial charge in [-0.25, -0.2) is 0 Å². The maximum atomic E-state index is 15.2. The van der Waals surface area contributed by atoms with Crippen LogP contribution in [-0.4, -0.2) is 26.0 Å². The molecule has 1 aromatic heterocycles. The molecule has 30 heavy (non-hydrogen) atoms. The summed E-state index contributed by atoms with van der Waals surface area (Å²) >= 11 is 5.73. The molecule has 0 spiro atoms. The molecule has 2 aromatic rings. The van der Waals surface area contributed by atoms with Gasteiger partial charge in [0.25, 0.3) is 0 Å². The van der Waals surface area contributed by atoms with Crippen LogP contribution in [0.4, 0.5) is 22.0 Å². The Morgan fingerprint density at radius 2 is 1.73 bits per heavy atom. The molecular formula is C17H18BrF5IO4PS. The first-order chi connectivity index (χ1) is 13.9. The van der Waals surface area contributed by atoms with Crippen molar-refractivity contribution in [3.05, 3.63) is 25.1 Å². The van der Waals surface area contributed by atoms with Crippen molar-refractivity contribution in [3.8, 4) is 5.75 Å². The molecule has 0 atom stereocenters. The first kappa shape index (κ1) is 26.2. The third-order valence-electron chi connectivity index (χ3n) is 3.74. The fraction of sp³-hybridized carbons (Fsp3) is 0.529. The van der Waals surface area contributed by atoms with E-state index in [2.05, 4.69) is 15.9 Å². The molecule has 0 saturated heterocycles. The number of fused-ring (bicyclic) bond motifs is 1. The predicted molar refractivity (Wildman–Crippen MR) is 118 cm³/mol. The second-order valence-corrected chi connectivity index (χ2v) is 11.1. The van der Waals surface area contributed by atoms with Gasteiger partial charge in [-0.3, -0.25) is 4.57 Å². The van der Waals surface area contributed by atoms with Gasteiger partial charge in [-0.05, 0) is 70.9 Å². The van der Waals surface area contributed by atoms with Gasteiger partial charge in [0.1, 0.15) is 10.6 Å². The van der Waals surface area contributed by atoms with Crippen LogP contribution in [0.1, 0.15) is 31.6 Å². The van der Waals surface area contributed by atoms with Crippen LogP contribution in [0, 0.1) is 3.57 Å². The minimum Gasteiger partial charge on any atom is -0.492 e. The maximum Gasteiger partial charge on any atom is 0.405 e. The molecule has 0 aliphatic carbocycles. The van der Waals surface area contributed by atoms with Gasteiger partial charge in [-0.1, -0.05) is 0 Å². The highest BCUT2D eigenvalue weighted by Crippen LogP contribution is 2.69. The molecule has 0 aliphatic rings. The summed E-state index contributed by atoms with van der Waals surface area (Å²) in [7, 11) is -4.82. The summed E-state index contributed by atoms with van der Waals surface area (Å²) in [5, 5.41) is 0.368. The molecule has 0 aliphatic heterocycles. The second-order valence-electron chi connectivity index (χ2n) is 5.97. The van der Waals surface area contributed by atoms with Crippen molar-refractivity contribution in [2.75, 3.05) is 19.8 Å². The van der Waals surface area contributed by atoms with Gasteiger partial charge in [0.05, 0.1) is 24.5 Å². The molecular weight excluding hydrogens is 633 g/mol. The van der Waals surface area contributed by atoms with Crippen molar-refractivity contribution in [3.63, 3.8) is 0 Å². The minimum atomic E-state index is -4.82. The Morgan fingerprint density at radius 3 is 2.27 bits per heavy atom. The number of halogens is 7. The van der Waals surface area contributed by atoms with Gasteiger partial charge >= 0.3 is 19.4 Å². The maximum absolute atomic E-state index is 15.2. The fourth-order valence-electron chi connectivity index (χ4n) is 2.53. The van der Waals surface area contributed by atoms with Crippen LogP contribution in [0.2, 0.25) is 0 Å². The molecule has 0 N–H and O–H groups in total. The van der Waals surface area contributed by atoms with Crippen LogP contribution in [0.15, 0.2) is 16.6 Å². The Hall–Kier alpha value is -0.0100. The lowest BCUT2D eigenvalue weighted by atomic mass is 10.2. The Morgan fingerprint density at radius 1 is 1.13 bits per heavy atom. The van der Waals surface area contributed by atoms with E-state index < -0.39 is 30.7 Å². The summed E-state index contributed by atoms with van der Waals surface area (Å²) in [6.07, 6.45) is -5.58. The Kier molecular flexibility index (Phi) is 9.00. The van der Waals surface area contributed by atoms with E-state index in [1.807, 2.05) is 22.6 Å². The van der Waals surface area contributed by atoms with Gasteiger partial charge in [0.15, 0.2) is 0 Å². The van der Waals surface area contributed by atoms with Crippen molar-refractivity contribution in [2.45, 2.75) is 38.5 Å². The summed E-state index contributed by atoms with van der Waals surface area (Å²) in [4.78, 5) is -0.565. The van der Waals surface area contributed by atoms with E-state index in [1.54, 1.807) is 12.1 Å². The topological polar surface area (TPSA) is 44.8 Å². The van der Waals surface area contributed by atoms with E-state index in [-0.39, 0.29) is 36.5 Å². The van der Waals surface area contributed by atoms with E-state index >= 15 is 8.78 Å². The first-order valence-electron chi connectivity index (χ1n) is 8.75. The number of ether oxygens (including phenoxy) is 1. The third kappa shape index (κ3) is 5.86. The molecule has 0 saturated carbocycles. The molecule has 2 rings (SSSR count). The van der Waals surface area contributed by atoms with E-state index in [9.17, 15) is 17.7 Å². The quantitative estimate of drug-likeness (QED) is 0.112. The lowest BCUT2D eigenvalue weighted by Crippen LogP contribution is -2.17. The average Bonchev–Trinajstić information content (AvgIpc) is 2.95. The SMILES string of the molecule is CCOP(=O)(OCC)C(F)(F)c1sc2c(OCCCC(F)(F)F)cc(I)cc2c1Br. The zero-order chi connectivity index (χ0) is 22.7. The number of benzene rings is 1. The lowest BCUT2D eigenvalue weighted by Gasteiger charge is -2.25. The van der Waals surface area contributed by atoms with E-state index in [4.69, 9.17) is 13.8 Å². The molecule has 0 unspecified atom stereocenters. The number of alkyl halides is 5. The van der Waals surface area contributed by atoms with Crippen molar-refractivity contribution < 1.29 is 40.3 Å². The second kappa shape index (κ2) is 10.3. The average molecular weight is 651 g/mol. The van der Waals surface area contributed by atoms with Crippen LogP contribution >= 0.6 is 57.5 Å². The van der Waals surface area contributed by atoms with Gasteiger partial charge in [-0.2, -0.15) is 22.0 Å². The standard InChI is InChI=1S/C17H18BrF5IO4PS/c1-3-27-29(25,28-4-2)17(22,23)15-13(18)11-8-10(24)9-12(14(11)30-15)26-7-5-6-16(19,20)21/h8-9H,3-7H2,1-2H3. The Bertz CT molecular complexity index is 927. The number of thiophene rings is 1. The lowest BCUT2D eigenvalue weighted by molar-refractivity contribution is -0.136. The Balaban J connectivity index is 2.46. The molecule has 170 valence electrons. The highest BCUT2D eigenvalue weighted by atomic mass is 127. The van der Waals surface area contributed by atoms with Crippen LogP contribution in [0.5, 0.6) is 5.75 Å². The van der Waals surface area contributed by atoms with Gasteiger partial charge in [0.2, 0.25) is 0 Å². The molecule has 1 heterocycles. The van der Waals surface area contributed by atoms with Crippen LogP contribution < -0.4 is 4.74 Å². The molecule has 13 heteroatoms. The molecule has 0 fully saturated rings. The van der Waals surface area contributed by atoms with Crippen molar-refractivity contribution in [2.24, 2.45) is 0 Å². The van der Waals surface area contributed by atoms with Gasteiger partial charge in [-0.15, -0.1) is 11.3 Å². The van der Waals surface area contributed by atoms with Crippen molar-refractivity contribution in [1.29, 1.82) is 0 Å². The van der Waals surface area contributed by atoms with Gasteiger partial charge < -0.3 is 13.8 Å². The summed E-state index contributed by atoms with van der Waals surface area (Å²) in [5.41, 5.74) is -3.94. The highest BCUT2D eigenvalue weighted by Gasteiger charge is 2.57. The summed E-state index contributed by atoms with van der Waals surface area (Å²) < 4.78 is 96.3. The largest absolute Gasteiger partial charge is 0.492 e. The summed E-state index contributed by atoms with van der Waals surface area (Å²) in [6, 6.07) is 3.16. The van der Waals surface area contributed by atoms with E-state index in [0.717, 1.165) is 0 Å². The molecule has 4 nitrogen and oxygen atoms in total. The fourth-order valence-corrected chi connectivity index (χ4v) is 7.14. The minimum absolute atomic E-state index is 0.00536. The molecule has 0 amide bonds.